The molecule has 0 aliphatic carbocycles. The molecule has 31 heavy (non-hydrogen) atoms. The molecule has 12 nitrogen and oxygen atoms in total. The van der Waals surface area contributed by atoms with Crippen LogP contribution in [0.15, 0.2) is 30.3 Å². The lowest BCUT2D eigenvalue weighted by Gasteiger charge is -2.43. The quantitative estimate of drug-likeness (QED) is 0.190. The number of ether oxygens (including phenoxy) is 4. The average molecular weight is 447 g/mol. The van der Waals surface area contributed by atoms with Gasteiger partial charge in [-0.3, -0.25) is 0 Å². The maximum absolute atomic E-state index is 10.2. The van der Waals surface area contributed by atoms with Gasteiger partial charge in [0.05, 0.1) is 13.2 Å². The highest BCUT2D eigenvalue weighted by atomic mass is 16.7. The molecule has 2 heterocycles. The summed E-state index contributed by atoms with van der Waals surface area (Å²) in [6, 6.07) is 8.67. The molecule has 12 heteroatoms. The largest absolute Gasteiger partial charge is 0.394 e. The van der Waals surface area contributed by atoms with Crippen molar-refractivity contribution in [2.45, 2.75) is 67.6 Å². The predicted octanol–water partition coefficient (Wildman–Crippen LogP) is -3.72. The van der Waals surface area contributed by atoms with Crippen LogP contribution in [-0.4, -0.2) is 110 Å². The van der Waals surface area contributed by atoms with Crippen LogP contribution in [0, 0.1) is 0 Å². The smallest absolute Gasteiger partial charge is 0.188 e. The van der Waals surface area contributed by atoms with E-state index in [1.54, 1.807) is 30.3 Å². The number of rotatable bonds is 7. The van der Waals surface area contributed by atoms with Gasteiger partial charge in [-0.2, -0.15) is 0 Å². The van der Waals surface area contributed by atoms with Crippen molar-refractivity contribution in [1.29, 1.82) is 0 Å². The number of nitrogens with two attached hydrogens (primary N) is 1. The zero-order chi connectivity index (χ0) is 22.7. The van der Waals surface area contributed by atoms with Gasteiger partial charge in [-0.25, -0.2) is 0 Å². The lowest BCUT2D eigenvalue weighted by Crippen LogP contribution is -2.62. The van der Waals surface area contributed by atoms with Crippen LogP contribution in [-0.2, 0) is 18.9 Å². The second kappa shape index (κ2) is 10.6. The molecule has 0 amide bonds. The average Bonchev–Trinajstić information content (AvgIpc) is 2.78. The molecule has 0 unspecified atom stereocenters. The van der Waals surface area contributed by atoms with Gasteiger partial charge in [0.15, 0.2) is 12.6 Å². The Bertz CT molecular complexity index is 680. The van der Waals surface area contributed by atoms with E-state index >= 15 is 0 Å². The van der Waals surface area contributed by atoms with Crippen molar-refractivity contribution in [2.24, 2.45) is 5.73 Å². The van der Waals surface area contributed by atoms with Crippen LogP contribution in [0.4, 0.5) is 0 Å². The molecule has 0 bridgehead atoms. The van der Waals surface area contributed by atoms with Crippen molar-refractivity contribution in [1.82, 2.24) is 0 Å². The molecule has 0 spiro atoms. The van der Waals surface area contributed by atoms with Crippen molar-refractivity contribution in [3.63, 3.8) is 0 Å². The minimum absolute atomic E-state index is 0.450. The summed E-state index contributed by atoms with van der Waals surface area (Å²) in [6.07, 6.45) is -15.9. The molecule has 2 fully saturated rings. The highest BCUT2D eigenvalue weighted by Crippen LogP contribution is 2.27. The maximum atomic E-state index is 10.2. The monoisotopic (exact) mass is 447 g/mol. The van der Waals surface area contributed by atoms with Gasteiger partial charge in [0.2, 0.25) is 0 Å². The predicted molar refractivity (Wildman–Crippen MR) is 101 cm³/mol. The van der Waals surface area contributed by atoms with Crippen LogP contribution in [0.3, 0.4) is 0 Å². The van der Waals surface area contributed by atoms with Crippen molar-refractivity contribution >= 4 is 0 Å². The topological polar surface area (TPSA) is 205 Å². The third kappa shape index (κ3) is 5.39. The second-order valence-corrected chi connectivity index (χ2v) is 7.51. The highest BCUT2D eigenvalue weighted by molar-refractivity contribution is 5.16. The third-order valence-corrected chi connectivity index (χ3v) is 5.35. The Morgan fingerprint density at radius 3 is 1.94 bits per heavy atom. The van der Waals surface area contributed by atoms with Crippen molar-refractivity contribution in [3.8, 4) is 0 Å². The molecule has 0 radical (unpaired) electrons. The van der Waals surface area contributed by atoms with E-state index in [-0.39, 0.29) is 0 Å². The van der Waals surface area contributed by atoms with E-state index in [0.29, 0.717) is 5.56 Å². The van der Waals surface area contributed by atoms with Crippen molar-refractivity contribution < 1.29 is 54.7 Å². The Morgan fingerprint density at radius 1 is 0.774 bits per heavy atom. The summed E-state index contributed by atoms with van der Waals surface area (Å²) in [5.74, 6) is 0. The lowest BCUT2D eigenvalue weighted by atomic mass is 9.98. The molecule has 0 aromatic heterocycles. The molecule has 2 aliphatic rings. The summed E-state index contributed by atoms with van der Waals surface area (Å²) in [6.45, 7) is -1.08. The Kier molecular flexibility index (Phi) is 8.31. The van der Waals surface area contributed by atoms with E-state index in [4.69, 9.17) is 24.7 Å². The van der Waals surface area contributed by atoms with Gasteiger partial charge in [-0.15, -0.1) is 0 Å². The zero-order valence-corrected chi connectivity index (χ0v) is 16.5. The van der Waals surface area contributed by atoms with Crippen LogP contribution >= 0.6 is 0 Å². The number of aliphatic hydroxyl groups excluding tert-OH is 7. The van der Waals surface area contributed by atoms with Gasteiger partial charge in [0, 0.05) is 0 Å². The molecule has 176 valence electrons. The van der Waals surface area contributed by atoms with E-state index in [9.17, 15) is 35.7 Å². The van der Waals surface area contributed by atoms with E-state index < -0.39 is 80.9 Å². The Hall–Kier alpha value is -1.26. The molecular weight excluding hydrogens is 418 g/mol. The SMILES string of the molecule is N[C@H](O[C@@H]1O[C@H](CO[C@@H]2O[C@H](CO)[C@@H](O)[C@H](O)[C@H]2O)[C@@H](O)[C@H](O)[C@H]1O)c1ccccc1. The highest BCUT2D eigenvalue weighted by Gasteiger charge is 2.47. The van der Waals surface area contributed by atoms with Crippen LogP contribution in [0.2, 0.25) is 0 Å². The minimum Gasteiger partial charge on any atom is -0.394 e. The fraction of sp³-hybridized carbons (Fsp3) is 0.684. The number of benzene rings is 1. The minimum atomic E-state index is -1.65. The molecule has 2 aliphatic heterocycles. The number of aliphatic hydroxyl groups is 7. The lowest BCUT2D eigenvalue weighted by molar-refractivity contribution is -0.336. The first kappa shape index (κ1) is 24.4. The Balaban J connectivity index is 1.62. The van der Waals surface area contributed by atoms with Crippen LogP contribution in [0.1, 0.15) is 11.8 Å². The molecule has 3 rings (SSSR count). The first-order valence-corrected chi connectivity index (χ1v) is 9.82. The second-order valence-electron chi connectivity index (χ2n) is 7.51. The molecule has 0 saturated carbocycles. The summed E-state index contributed by atoms with van der Waals surface area (Å²) in [5, 5.41) is 69.5. The van der Waals surface area contributed by atoms with Gasteiger partial charge in [-0.05, 0) is 5.56 Å². The summed E-state index contributed by atoms with van der Waals surface area (Å²) in [4.78, 5) is 0. The first-order valence-electron chi connectivity index (χ1n) is 9.82. The molecule has 1 aromatic rings. The van der Waals surface area contributed by atoms with Crippen LogP contribution in [0.25, 0.3) is 0 Å². The fourth-order valence-corrected chi connectivity index (χ4v) is 3.43. The van der Waals surface area contributed by atoms with Gasteiger partial charge < -0.3 is 60.4 Å². The normalized spacial score (nSPS) is 42.3. The molecule has 2 saturated heterocycles. The Labute approximate surface area is 178 Å². The van der Waals surface area contributed by atoms with E-state index in [2.05, 4.69) is 0 Å². The number of hydrogen-bond donors (Lipinski definition) is 8. The molecular formula is C19H29NO11. The molecule has 11 atom stereocenters. The third-order valence-electron chi connectivity index (χ3n) is 5.35. The van der Waals surface area contributed by atoms with Gasteiger partial charge >= 0.3 is 0 Å². The first-order chi connectivity index (χ1) is 14.7. The summed E-state index contributed by atoms with van der Waals surface area (Å²) in [5.41, 5.74) is 6.56. The zero-order valence-electron chi connectivity index (χ0n) is 16.5. The van der Waals surface area contributed by atoms with E-state index in [1.165, 1.54) is 0 Å². The van der Waals surface area contributed by atoms with Crippen LogP contribution < -0.4 is 5.73 Å². The number of hydrogen-bond acceptors (Lipinski definition) is 12. The summed E-state index contributed by atoms with van der Waals surface area (Å²) in [7, 11) is 0. The standard InChI is InChI=1S/C19H29NO11/c20-17(8-4-2-1-3-5-8)31-19-16(27)14(25)12(23)10(30-19)7-28-18-15(26)13(24)11(22)9(6-21)29-18/h1-5,9-19,21-27H,6-7,20H2/t9-,10-,11-,12-,13+,14+,15-,16-,17-,18-,19+/m1/s1. The molecule has 9 N–H and O–H groups in total. The van der Waals surface area contributed by atoms with Crippen molar-refractivity contribution in [3.05, 3.63) is 35.9 Å². The van der Waals surface area contributed by atoms with Gasteiger partial charge in [0.25, 0.3) is 0 Å². The van der Waals surface area contributed by atoms with Crippen LogP contribution in [0.5, 0.6) is 0 Å². The molecule has 1 aromatic carbocycles. The van der Waals surface area contributed by atoms with Gasteiger partial charge in [0.1, 0.15) is 55.1 Å². The van der Waals surface area contributed by atoms with E-state index in [0.717, 1.165) is 0 Å². The fourth-order valence-electron chi connectivity index (χ4n) is 3.43. The van der Waals surface area contributed by atoms with E-state index in [1.807, 2.05) is 0 Å². The van der Waals surface area contributed by atoms with Gasteiger partial charge in [-0.1, -0.05) is 30.3 Å². The Morgan fingerprint density at radius 2 is 1.32 bits per heavy atom. The maximum Gasteiger partial charge on any atom is 0.188 e. The summed E-state index contributed by atoms with van der Waals surface area (Å²) >= 11 is 0. The van der Waals surface area contributed by atoms with Crippen molar-refractivity contribution in [2.75, 3.05) is 13.2 Å². The summed E-state index contributed by atoms with van der Waals surface area (Å²) < 4.78 is 21.6.